The van der Waals surface area contributed by atoms with E-state index in [1.54, 1.807) is 10.9 Å². The Morgan fingerprint density at radius 1 is 1.47 bits per heavy atom. The first-order valence-electron chi connectivity index (χ1n) is 4.81. The van der Waals surface area contributed by atoms with Gasteiger partial charge in [-0.3, -0.25) is 9.36 Å². The number of nitrogens with zero attached hydrogens (tertiary/aromatic N) is 2. The van der Waals surface area contributed by atoms with Crippen LogP contribution in [-0.2, 0) is 6.54 Å². The first-order valence-corrected chi connectivity index (χ1v) is 6.23. The number of fused-ring (bicyclic) bond motifs is 1. The molecule has 0 amide bonds. The zero-order valence-corrected chi connectivity index (χ0v) is 9.72. The SMILES string of the molecule is O=c1c2sccc2ncn1CCCCCl. The highest BCUT2D eigenvalue weighted by Crippen LogP contribution is 2.13. The van der Waals surface area contributed by atoms with Gasteiger partial charge in [0.2, 0.25) is 0 Å². The maximum absolute atomic E-state index is 11.9. The van der Waals surface area contributed by atoms with Crippen LogP contribution < -0.4 is 5.56 Å². The highest BCUT2D eigenvalue weighted by atomic mass is 35.5. The molecule has 0 bridgehead atoms. The number of rotatable bonds is 4. The van der Waals surface area contributed by atoms with E-state index in [1.165, 1.54) is 11.3 Å². The van der Waals surface area contributed by atoms with E-state index < -0.39 is 0 Å². The van der Waals surface area contributed by atoms with Crippen molar-refractivity contribution < 1.29 is 0 Å². The number of hydrogen-bond donors (Lipinski definition) is 0. The fourth-order valence-electron chi connectivity index (χ4n) is 1.41. The van der Waals surface area contributed by atoms with Crippen molar-refractivity contribution in [2.45, 2.75) is 19.4 Å². The monoisotopic (exact) mass is 242 g/mol. The van der Waals surface area contributed by atoms with Crippen LogP contribution in [0.1, 0.15) is 12.8 Å². The molecule has 0 aliphatic rings. The lowest BCUT2D eigenvalue weighted by Crippen LogP contribution is -2.19. The largest absolute Gasteiger partial charge is 0.298 e. The minimum Gasteiger partial charge on any atom is -0.298 e. The van der Waals surface area contributed by atoms with Gasteiger partial charge in [0.15, 0.2) is 0 Å². The van der Waals surface area contributed by atoms with Gasteiger partial charge in [0.25, 0.3) is 5.56 Å². The lowest BCUT2D eigenvalue weighted by Gasteiger charge is -2.03. The van der Waals surface area contributed by atoms with Crippen molar-refractivity contribution >= 4 is 33.2 Å². The third-order valence-corrected chi connectivity index (χ3v) is 3.38. The van der Waals surface area contributed by atoms with E-state index in [9.17, 15) is 4.79 Å². The predicted molar refractivity (Wildman–Crippen MR) is 63.8 cm³/mol. The van der Waals surface area contributed by atoms with E-state index in [0.29, 0.717) is 12.4 Å². The second-order valence-electron chi connectivity index (χ2n) is 3.27. The smallest absolute Gasteiger partial charge is 0.271 e. The van der Waals surface area contributed by atoms with Gasteiger partial charge in [0.1, 0.15) is 4.70 Å². The molecule has 0 unspecified atom stereocenters. The normalized spacial score (nSPS) is 11.0. The topological polar surface area (TPSA) is 34.9 Å². The van der Waals surface area contributed by atoms with Crippen molar-refractivity contribution in [3.8, 4) is 0 Å². The van der Waals surface area contributed by atoms with Crippen molar-refractivity contribution in [1.29, 1.82) is 0 Å². The van der Waals surface area contributed by atoms with Gasteiger partial charge in [-0.15, -0.1) is 22.9 Å². The number of unbranched alkanes of at least 4 members (excludes halogenated alkanes) is 1. The Balaban J connectivity index is 2.28. The summed E-state index contributed by atoms with van der Waals surface area (Å²) < 4.78 is 2.40. The van der Waals surface area contributed by atoms with Crippen molar-refractivity contribution in [3.63, 3.8) is 0 Å². The molecule has 2 rings (SSSR count). The number of aromatic nitrogens is 2. The molecule has 0 spiro atoms. The average molecular weight is 243 g/mol. The third-order valence-electron chi connectivity index (χ3n) is 2.22. The lowest BCUT2D eigenvalue weighted by atomic mass is 10.3. The van der Waals surface area contributed by atoms with Crippen molar-refractivity contribution in [1.82, 2.24) is 9.55 Å². The third kappa shape index (κ3) is 2.21. The molecular formula is C10H11ClN2OS. The predicted octanol–water partition coefficient (Wildman–Crippen LogP) is 2.48. The van der Waals surface area contributed by atoms with E-state index in [2.05, 4.69) is 4.98 Å². The molecule has 0 aliphatic heterocycles. The average Bonchev–Trinajstić information content (AvgIpc) is 2.70. The fraction of sp³-hybridized carbons (Fsp3) is 0.400. The molecule has 15 heavy (non-hydrogen) atoms. The van der Waals surface area contributed by atoms with Crippen LogP contribution in [0.2, 0.25) is 0 Å². The molecule has 2 aromatic heterocycles. The van der Waals surface area contributed by atoms with Gasteiger partial charge in [-0.1, -0.05) is 0 Å². The van der Waals surface area contributed by atoms with Crippen LogP contribution in [0, 0.1) is 0 Å². The quantitative estimate of drug-likeness (QED) is 0.610. The van der Waals surface area contributed by atoms with E-state index in [4.69, 9.17) is 11.6 Å². The summed E-state index contributed by atoms with van der Waals surface area (Å²) >= 11 is 7.03. The molecule has 3 nitrogen and oxygen atoms in total. The van der Waals surface area contributed by atoms with Gasteiger partial charge in [0.05, 0.1) is 11.8 Å². The zero-order chi connectivity index (χ0) is 10.7. The molecule has 0 saturated carbocycles. The summed E-state index contributed by atoms with van der Waals surface area (Å²) in [4.78, 5) is 16.1. The minimum atomic E-state index is 0.0598. The Bertz CT molecular complexity index is 505. The minimum absolute atomic E-state index is 0.0598. The summed E-state index contributed by atoms with van der Waals surface area (Å²) in [6.07, 6.45) is 3.46. The Labute approximate surface area is 96.3 Å². The van der Waals surface area contributed by atoms with Gasteiger partial charge in [0, 0.05) is 12.4 Å². The zero-order valence-electron chi connectivity index (χ0n) is 8.15. The van der Waals surface area contributed by atoms with Crippen LogP contribution in [0.15, 0.2) is 22.6 Å². The molecule has 0 N–H and O–H groups in total. The number of alkyl halides is 1. The first-order chi connectivity index (χ1) is 7.33. The molecule has 0 saturated heterocycles. The molecule has 0 atom stereocenters. The summed E-state index contributed by atoms with van der Waals surface area (Å²) in [5, 5.41) is 1.89. The Morgan fingerprint density at radius 3 is 3.13 bits per heavy atom. The van der Waals surface area contributed by atoms with Crippen LogP contribution in [0.5, 0.6) is 0 Å². The van der Waals surface area contributed by atoms with E-state index in [1.807, 2.05) is 11.4 Å². The summed E-state index contributed by atoms with van der Waals surface area (Å²) in [5.74, 6) is 0.642. The van der Waals surface area contributed by atoms with Gasteiger partial charge in [-0.05, 0) is 24.3 Å². The first kappa shape index (κ1) is 10.6. The second kappa shape index (κ2) is 4.77. The summed E-state index contributed by atoms with van der Waals surface area (Å²) in [6, 6.07) is 1.87. The summed E-state index contributed by atoms with van der Waals surface area (Å²) in [6.45, 7) is 0.701. The van der Waals surface area contributed by atoms with Crippen LogP contribution in [0.25, 0.3) is 10.2 Å². The van der Waals surface area contributed by atoms with E-state index >= 15 is 0 Å². The van der Waals surface area contributed by atoms with Gasteiger partial charge in [-0.25, -0.2) is 4.98 Å². The summed E-state index contributed by atoms with van der Waals surface area (Å²) in [7, 11) is 0. The number of hydrogen-bond acceptors (Lipinski definition) is 3. The van der Waals surface area contributed by atoms with Crippen molar-refractivity contribution in [2.75, 3.05) is 5.88 Å². The Hall–Kier alpha value is -0.870. The lowest BCUT2D eigenvalue weighted by molar-refractivity contribution is 0.611. The van der Waals surface area contributed by atoms with Crippen LogP contribution in [0.3, 0.4) is 0 Å². The standard InChI is InChI=1S/C10H11ClN2OS/c11-4-1-2-5-13-7-12-8-3-6-15-9(8)10(13)14/h3,6-7H,1-2,4-5H2. The van der Waals surface area contributed by atoms with Gasteiger partial charge >= 0.3 is 0 Å². The van der Waals surface area contributed by atoms with Crippen LogP contribution >= 0.6 is 22.9 Å². The molecule has 0 aliphatic carbocycles. The number of aryl methyl sites for hydroxylation is 1. The molecule has 0 aromatic carbocycles. The van der Waals surface area contributed by atoms with Gasteiger partial charge in [-0.2, -0.15) is 0 Å². The van der Waals surface area contributed by atoms with Crippen LogP contribution in [0.4, 0.5) is 0 Å². The molecule has 2 heterocycles. The van der Waals surface area contributed by atoms with E-state index in [-0.39, 0.29) is 5.56 Å². The van der Waals surface area contributed by atoms with Crippen molar-refractivity contribution in [3.05, 3.63) is 28.1 Å². The fourth-order valence-corrected chi connectivity index (χ4v) is 2.40. The highest BCUT2D eigenvalue weighted by molar-refractivity contribution is 7.17. The second-order valence-corrected chi connectivity index (χ2v) is 4.57. The molecule has 5 heteroatoms. The molecule has 2 aromatic rings. The molecule has 0 radical (unpaired) electrons. The molecule has 0 fully saturated rings. The molecule has 80 valence electrons. The van der Waals surface area contributed by atoms with E-state index in [0.717, 1.165) is 23.1 Å². The number of thiophene rings is 1. The number of halogens is 1. The molecular weight excluding hydrogens is 232 g/mol. The Morgan fingerprint density at radius 2 is 2.33 bits per heavy atom. The maximum atomic E-state index is 11.9. The Kier molecular flexibility index (Phi) is 3.38. The summed E-state index contributed by atoms with van der Waals surface area (Å²) in [5.41, 5.74) is 0.850. The van der Waals surface area contributed by atoms with Crippen molar-refractivity contribution in [2.24, 2.45) is 0 Å². The highest BCUT2D eigenvalue weighted by Gasteiger charge is 2.04. The van der Waals surface area contributed by atoms with Gasteiger partial charge < -0.3 is 0 Å². The maximum Gasteiger partial charge on any atom is 0.271 e. The van der Waals surface area contributed by atoms with Crippen LogP contribution in [-0.4, -0.2) is 15.4 Å².